The summed E-state index contributed by atoms with van der Waals surface area (Å²) in [5.74, 6) is 0.0972. The van der Waals surface area contributed by atoms with Gasteiger partial charge in [-0.15, -0.1) is 0 Å². The maximum Gasteiger partial charge on any atom is 0.283 e. The average molecular weight is 440 g/mol. The monoisotopic (exact) mass is 439 g/mol. The van der Waals surface area contributed by atoms with Crippen LogP contribution >= 0.6 is 23.4 Å². The zero-order valence-electron chi connectivity index (χ0n) is 17.2. The first-order valence-corrected chi connectivity index (χ1v) is 10.9. The van der Waals surface area contributed by atoms with Crippen LogP contribution in [0.15, 0.2) is 46.0 Å². The molecule has 1 aromatic carbocycles. The molecule has 2 aliphatic rings. The van der Waals surface area contributed by atoms with Crippen molar-refractivity contribution in [2.75, 3.05) is 0 Å². The van der Waals surface area contributed by atoms with Crippen LogP contribution in [0, 0.1) is 25.2 Å². The Labute approximate surface area is 184 Å². The number of benzene rings is 1. The Kier molecular flexibility index (Phi) is 5.42. The molecule has 0 fully saturated rings. The van der Waals surface area contributed by atoms with Crippen LogP contribution in [0.2, 0.25) is 5.02 Å². The van der Waals surface area contributed by atoms with Gasteiger partial charge in [0.2, 0.25) is 5.17 Å². The fourth-order valence-electron chi connectivity index (χ4n) is 3.54. The molecular formula is C22H22ClN5OS. The minimum absolute atomic E-state index is 0.0625. The number of rotatable bonds is 4. The highest BCUT2D eigenvalue weighted by atomic mass is 35.5. The first kappa shape index (κ1) is 20.6. The van der Waals surface area contributed by atoms with Crippen molar-refractivity contribution in [1.82, 2.24) is 9.58 Å². The quantitative estimate of drug-likeness (QED) is 0.647. The van der Waals surface area contributed by atoms with Crippen molar-refractivity contribution in [2.45, 2.75) is 34.1 Å². The third-order valence-corrected chi connectivity index (χ3v) is 6.12. The Morgan fingerprint density at radius 3 is 2.60 bits per heavy atom. The Hall–Kier alpha value is -2.64. The van der Waals surface area contributed by atoms with Gasteiger partial charge in [-0.25, -0.2) is 0 Å². The molecule has 1 N–H and O–H groups in total. The molecule has 30 heavy (non-hydrogen) atoms. The number of carbonyl (C=O) groups excluding carboxylic acids is 1. The van der Waals surface area contributed by atoms with Crippen molar-refractivity contribution in [3.63, 3.8) is 0 Å². The van der Waals surface area contributed by atoms with Crippen LogP contribution in [-0.2, 0) is 4.79 Å². The number of fused-ring (bicyclic) bond motifs is 1. The number of aliphatic imine (C=N–C) groups is 1. The second-order valence-corrected chi connectivity index (χ2v) is 9.23. The van der Waals surface area contributed by atoms with Crippen molar-refractivity contribution in [1.29, 1.82) is 5.41 Å². The van der Waals surface area contributed by atoms with Gasteiger partial charge < -0.3 is 4.57 Å². The Balaban J connectivity index is 1.70. The Morgan fingerprint density at radius 1 is 1.23 bits per heavy atom. The summed E-state index contributed by atoms with van der Waals surface area (Å²) in [6.07, 6.45) is 2.53. The summed E-state index contributed by atoms with van der Waals surface area (Å²) in [6, 6.07) is 9.61. The molecule has 0 unspecified atom stereocenters. The van der Waals surface area contributed by atoms with Crippen LogP contribution < -0.4 is 0 Å². The lowest BCUT2D eigenvalue weighted by Gasteiger charge is -2.20. The molecule has 0 saturated heterocycles. The van der Waals surface area contributed by atoms with Crippen molar-refractivity contribution >= 4 is 51.4 Å². The van der Waals surface area contributed by atoms with E-state index in [1.807, 2.05) is 44.2 Å². The number of aryl methyl sites for hydroxylation is 1. The zero-order valence-corrected chi connectivity index (χ0v) is 18.8. The summed E-state index contributed by atoms with van der Waals surface area (Å²) in [5.41, 5.74) is 4.09. The first-order valence-electron chi connectivity index (χ1n) is 9.68. The maximum atomic E-state index is 12.7. The second-order valence-electron chi connectivity index (χ2n) is 7.75. The number of amidine groups is 2. The molecule has 0 spiro atoms. The van der Waals surface area contributed by atoms with Gasteiger partial charge >= 0.3 is 0 Å². The number of hydrazone groups is 1. The summed E-state index contributed by atoms with van der Waals surface area (Å²) in [6.45, 7) is 8.22. The number of aromatic nitrogens is 1. The number of amides is 1. The molecule has 0 bridgehead atoms. The molecule has 0 saturated carbocycles. The van der Waals surface area contributed by atoms with E-state index in [1.165, 1.54) is 16.8 Å². The highest BCUT2D eigenvalue weighted by molar-refractivity contribution is 8.26. The van der Waals surface area contributed by atoms with Crippen molar-refractivity contribution < 1.29 is 4.79 Å². The normalized spacial score (nSPS) is 17.7. The average Bonchev–Trinajstić information content (AvgIpc) is 3.19. The van der Waals surface area contributed by atoms with Gasteiger partial charge in [-0.3, -0.25) is 10.2 Å². The van der Waals surface area contributed by atoms with Crippen molar-refractivity contribution in [3.05, 3.63) is 57.9 Å². The number of nitrogens with zero attached hydrogens (tertiary/aromatic N) is 4. The minimum Gasteiger partial charge on any atom is -0.318 e. The van der Waals surface area contributed by atoms with Gasteiger partial charge in [0, 0.05) is 28.5 Å². The van der Waals surface area contributed by atoms with Gasteiger partial charge in [-0.2, -0.15) is 15.1 Å². The largest absolute Gasteiger partial charge is 0.318 e. The standard InChI is InChI=1S/C22H22ClN5OS/c1-12(2)9-19-26-28-20(24)18(21(29)25-22(28)30-19)11-15-10-13(3)27(14(15)4)17-7-5-16(23)6-8-17/h5-8,10-12,24H,9H2,1-4H3/b18-11+,24-20?. The number of nitrogens with one attached hydrogen (secondary N) is 1. The van der Waals surface area contributed by atoms with Gasteiger partial charge in [0.1, 0.15) is 5.04 Å². The lowest BCUT2D eigenvalue weighted by Crippen LogP contribution is -2.35. The van der Waals surface area contributed by atoms with E-state index >= 15 is 0 Å². The number of hydrogen-bond donors (Lipinski definition) is 1. The van der Waals surface area contributed by atoms with Crippen LogP contribution in [0.1, 0.15) is 37.2 Å². The van der Waals surface area contributed by atoms with E-state index in [0.29, 0.717) is 16.1 Å². The van der Waals surface area contributed by atoms with Gasteiger partial charge in [0.15, 0.2) is 5.84 Å². The Morgan fingerprint density at radius 2 is 1.93 bits per heavy atom. The molecule has 0 atom stereocenters. The highest BCUT2D eigenvalue weighted by Crippen LogP contribution is 2.31. The van der Waals surface area contributed by atoms with Crippen LogP contribution in [-0.4, -0.2) is 31.5 Å². The number of halogens is 1. The third kappa shape index (κ3) is 3.75. The third-order valence-electron chi connectivity index (χ3n) is 4.93. The number of hydrogen-bond acceptors (Lipinski definition) is 4. The highest BCUT2D eigenvalue weighted by Gasteiger charge is 2.35. The van der Waals surface area contributed by atoms with Crippen molar-refractivity contribution in [3.8, 4) is 5.69 Å². The molecule has 4 rings (SSSR count). The molecule has 8 heteroatoms. The van der Waals surface area contributed by atoms with Crippen LogP contribution in [0.3, 0.4) is 0 Å². The molecule has 2 aromatic rings. The van der Waals surface area contributed by atoms with E-state index in [9.17, 15) is 4.79 Å². The second kappa shape index (κ2) is 7.89. The summed E-state index contributed by atoms with van der Waals surface area (Å²) >= 11 is 7.39. The zero-order chi connectivity index (χ0) is 21.6. The number of carbonyl (C=O) groups is 1. The predicted octanol–water partition coefficient (Wildman–Crippen LogP) is 5.41. The molecule has 1 amide bonds. The fourth-order valence-corrected chi connectivity index (χ4v) is 4.76. The lowest BCUT2D eigenvalue weighted by molar-refractivity contribution is -0.114. The fraction of sp³-hybridized carbons (Fsp3) is 0.273. The van der Waals surface area contributed by atoms with Gasteiger partial charge in [-0.1, -0.05) is 25.4 Å². The minimum atomic E-state index is -0.406. The van der Waals surface area contributed by atoms with Crippen molar-refractivity contribution in [2.24, 2.45) is 16.0 Å². The molecule has 1 aromatic heterocycles. The molecule has 0 aliphatic carbocycles. The van der Waals surface area contributed by atoms with Gasteiger partial charge in [-0.05, 0) is 73.5 Å². The van der Waals surface area contributed by atoms with Crippen LogP contribution in [0.5, 0.6) is 0 Å². The summed E-state index contributed by atoms with van der Waals surface area (Å²) in [4.78, 5) is 16.9. The molecule has 0 radical (unpaired) electrons. The maximum absolute atomic E-state index is 12.7. The molecule has 6 nitrogen and oxygen atoms in total. The van der Waals surface area contributed by atoms with Crippen LogP contribution in [0.25, 0.3) is 11.8 Å². The van der Waals surface area contributed by atoms with E-state index < -0.39 is 5.91 Å². The smallest absolute Gasteiger partial charge is 0.283 e. The Bertz CT molecular complexity index is 1140. The first-order chi connectivity index (χ1) is 14.2. The van der Waals surface area contributed by atoms with Gasteiger partial charge in [0.05, 0.1) is 5.57 Å². The van der Waals surface area contributed by atoms with E-state index in [2.05, 4.69) is 28.5 Å². The SMILES string of the molecule is Cc1cc(/C=C2\C(=N)N3N=C(CC(C)C)SC3=NC2=O)c(C)n1-c1ccc(Cl)cc1. The topological polar surface area (TPSA) is 73.8 Å². The van der Waals surface area contributed by atoms with E-state index in [4.69, 9.17) is 17.0 Å². The lowest BCUT2D eigenvalue weighted by atomic mass is 10.1. The summed E-state index contributed by atoms with van der Waals surface area (Å²) < 4.78 is 2.10. The van der Waals surface area contributed by atoms with Crippen LogP contribution in [0.4, 0.5) is 0 Å². The van der Waals surface area contributed by atoms with E-state index in [0.717, 1.165) is 34.1 Å². The molecule has 154 valence electrons. The van der Waals surface area contributed by atoms with Gasteiger partial charge in [0.25, 0.3) is 5.91 Å². The predicted molar refractivity (Wildman–Crippen MR) is 125 cm³/mol. The van der Waals surface area contributed by atoms with E-state index in [1.54, 1.807) is 6.08 Å². The summed E-state index contributed by atoms with van der Waals surface area (Å²) in [7, 11) is 0. The summed E-state index contributed by atoms with van der Waals surface area (Å²) in [5, 5.41) is 16.6. The number of thioether (sulfide) groups is 1. The molecule has 3 heterocycles. The molecular weight excluding hydrogens is 418 g/mol. The molecule has 2 aliphatic heterocycles. The van der Waals surface area contributed by atoms with E-state index in [-0.39, 0.29) is 11.4 Å².